The van der Waals surface area contributed by atoms with Crippen molar-refractivity contribution in [3.63, 3.8) is 0 Å². The van der Waals surface area contributed by atoms with Crippen LogP contribution in [-0.2, 0) is 21.7 Å². The maximum atomic E-state index is 13.2. The molecule has 9 nitrogen and oxygen atoms in total. The number of benzene rings is 2. The van der Waals surface area contributed by atoms with E-state index in [1.807, 2.05) is 0 Å². The number of hydrogen-bond acceptors (Lipinski definition) is 10. The third kappa shape index (κ3) is 3.27. The molecule has 0 saturated carbocycles. The number of fused-ring (bicyclic) bond motifs is 2. The number of hydrogen-bond donors (Lipinski definition) is 1. The molecule has 170 valence electrons. The van der Waals surface area contributed by atoms with Gasteiger partial charge in [0.15, 0.2) is 11.5 Å². The van der Waals surface area contributed by atoms with Gasteiger partial charge in [0.2, 0.25) is 12.7 Å². The van der Waals surface area contributed by atoms with Crippen LogP contribution in [-0.4, -0.2) is 38.7 Å². The Balaban J connectivity index is 1.54. The number of esters is 1. The first-order valence-corrected chi connectivity index (χ1v) is 11.1. The first-order valence-electron chi connectivity index (χ1n) is 10.4. The summed E-state index contributed by atoms with van der Waals surface area (Å²) in [5, 5.41) is 11.8. The highest BCUT2D eigenvalue weighted by atomic mass is 32.1. The number of nitrogens with zero attached hydrogens (tertiary/aromatic N) is 3. The summed E-state index contributed by atoms with van der Waals surface area (Å²) < 4.78 is 30.3. The number of carbonyl (C=O) groups is 1. The highest BCUT2D eigenvalue weighted by molar-refractivity contribution is 7.00. The first kappa shape index (κ1) is 20.6. The molecule has 4 heterocycles. The molecule has 2 aromatic heterocycles. The van der Waals surface area contributed by atoms with Gasteiger partial charge in [-0.05, 0) is 47.5 Å². The molecule has 2 aromatic carbocycles. The minimum absolute atomic E-state index is 0.0868. The van der Waals surface area contributed by atoms with Gasteiger partial charge in [0.25, 0.3) is 5.79 Å². The molecule has 4 aromatic rings. The Hall–Kier alpha value is -4.02. The van der Waals surface area contributed by atoms with Crippen LogP contribution >= 0.6 is 11.7 Å². The standard InChI is InChI=1S/C24H17N3O6S/c1-30-21-9-13(6-7-25-21)8-16-22(14-2-4-17-18(10-14)27-34-26-17)23(28)33-24(16,29)15-3-5-19-20(11-15)32-12-31-19/h2-7,9-11,29H,8,12H2,1H3. The van der Waals surface area contributed by atoms with Gasteiger partial charge in [0.05, 0.1) is 24.4 Å². The van der Waals surface area contributed by atoms with Crippen LogP contribution < -0.4 is 14.2 Å². The number of carbonyl (C=O) groups excluding carboxylic acids is 1. The number of ether oxygens (including phenoxy) is 4. The molecule has 0 saturated heterocycles. The van der Waals surface area contributed by atoms with Crippen molar-refractivity contribution in [2.24, 2.45) is 0 Å². The number of pyridine rings is 1. The number of rotatable bonds is 5. The zero-order valence-corrected chi connectivity index (χ0v) is 18.7. The topological polar surface area (TPSA) is 113 Å². The highest BCUT2D eigenvalue weighted by Crippen LogP contribution is 2.47. The van der Waals surface area contributed by atoms with E-state index >= 15 is 0 Å². The van der Waals surface area contributed by atoms with Crippen LogP contribution in [0, 0.1) is 0 Å². The van der Waals surface area contributed by atoms with E-state index in [0.717, 1.165) is 22.8 Å². The van der Waals surface area contributed by atoms with E-state index in [4.69, 9.17) is 18.9 Å². The van der Waals surface area contributed by atoms with Gasteiger partial charge in [-0.15, -0.1) is 0 Å². The lowest BCUT2D eigenvalue weighted by Gasteiger charge is -2.26. The van der Waals surface area contributed by atoms with E-state index in [9.17, 15) is 9.90 Å². The summed E-state index contributed by atoms with van der Waals surface area (Å²) >= 11 is 1.09. The molecule has 1 unspecified atom stereocenters. The fourth-order valence-corrected chi connectivity index (χ4v) is 4.71. The van der Waals surface area contributed by atoms with Crippen LogP contribution in [0.2, 0.25) is 0 Å². The van der Waals surface area contributed by atoms with Gasteiger partial charge < -0.3 is 24.1 Å². The molecule has 1 N–H and O–H groups in total. The van der Waals surface area contributed by atoms with Crippen molar-refractivity contribution in [3.8, 4) is 17.4 Å². The Morgan fingerprint density at radius 3 is 2.79 bits per heavy atom. The van der Waals surface area contributed by atoms with Crippen LogP contribution in [0.25, 0.3) is 16.6 Å². The normalized spacial score (nSPS) is 19.1. The Kier molecular flexibility index (Phi) is 4.71. The molecule has 0 radical (unpaired) electrons. The lowest BCUT2D eigenvalue weighted by molar-refractivity contribution is -0.185. The molecule has 0 spiro atoms. The molecule has 0 aliphatic carbocycles. The van der Waals surface area contributed by atoms with Crippen LogP contribution in [0.5, 0.6) is 17.4 Å². The van der Waals surface area contributed by atoms with E-state index < -0.39 is 11.8 Å². The Morgan fingerprint density at radius 2 is 1.91 bits per heavy atom. The van der Waals surface area contributed by atoms with Crippen LogP contribution in [0.1, 0.15) is 16.7 Å². The van der Waals surface area contributed by atoms with E-state index in [-0.39, 0.29) is 18.8 Å². The van der Waals surface area contributed by atoms with Crippen molar-refractivity contribution in [3.05, 3.63) is 77.0 Å². The minimum Gasteiger partial charge on any atom is -0.481 e. The van der Waals surface area contributed by atoms with Crippen molar-refractivity contribution in [2.45, 2.75) is 12.2 Å². The molecular formula is C24H17N3O6S. The third-order valence-corrected chi connectivity index (χ3v) is 6.41. The molecule has 2 aliphatic rings. The Morgan fingerprint density at radius 1 is 1.06 bits per heavy atom. The van der Waals surface area contributed by atoms with Crippen molar-refractivity contribution < 1.29 is 28.8 Å². The molecule has 6 rings (SSSR count). The molecule has 0 amide bonds. The fraction of sp³-hybridized carbons (Fsp3) is 0.167. The lowest BCUT2D eigenvalue weighted by Crippen LogP contribution is -2.29. The summed E-state index contributed by atoms with van der Waals surface area (Å²) in [6.45, 7) is 0.0868. The van der Waals surface area contributed by atoms with Gasteiger partial charge in [-0.1, -0.05) is 6.07 Å². The van der Waals surface area contributed by atoms with E-state index in [0.29, 0.717) is 39.6 Å². The van der Waals surface area contributed by atoms with Gasteiger partial charge in [-0.25, -0.2) is 9.78 Å². The second-order valence-electron chi connectivity index (χ2n) is 7.81. The minimum atomic E-state index is -2.01. The predicted molar refractivity (Wildman–Crippen MR) is 121 cm³/mol. The van der Waals surface area contributed by atoms with Crippen molar-refractivity contribution in [2.75, 3.05) is 13.9 Å². The summed E-state index contributed by atoms with van der Waals surface area (Å²) in [7, 11) is 1.53. The van der Waals surface area contributed by atoms with Crippen molar-refractivity contribution in [1.82, 2.24) is 13.7 Å². The largest absolute Gasteiger partial charge is 0.481 e. The van der Waals surface area contributed by atoms with E-state index in [1.54, 1.807) is 54.7 Å². The number of methoxy groups -OCH3 is 1. The van der Waals surface area contributed by atoms with Gasteiger partial charge in [0.1, 0.15) is 11.0 Å². The Bertz CT molecular complexity index is 1480. The van der Waals surface area contributed by atoms with Gasteiger partial charge in [0, 0.05) is 29.8 Å². The zero-order valence-electron chi connectivity index (χ0n) is 17.8. The maximum absolute atomic E-state index is 13.2. The van der Waals surface area contributed by atoms with Crippen LogP contribution in [0.4, 0.5) is 0 Å². The molecule has 0 fully saturated rings. The summed E-state index contributed by atoms with van der Waals surface area (Å²) in [5.41, 5.74) is 3.76. The molecule has 0 bridgehead atoms. The number of cyclic esters (lactones) is 1. The molecular weight excluding hydrogens is 458 g/mol. The van der Waals surface area contributed by atoms with Crippen molar-refractivity contribution in [1.29, 1.82) is 0 Å². The quantitative estimate of drug-likeness (QED) is 0.435. The summed E-state index contributed by atoms with van der Waals surface area (Å²) in [4.78, 5) is 17.4. The number of aromatic nitrogens is 3. The van der Waals surface area contributed by atoms with Crippen LogP contribution in [0.15, 0.2) is 60.3 Å². The number of aliphatic hydroxyl groups is 1. The van der Waals surface area contributed by atoms with Crippen LogP contribution in [0.3, 0.4) is 0 Å². The van der Waals surface area contributed by atoms with E-state index in [2.05, 4.69) is 13.7 Å². The second kappa shape index (κ2) is 7.79. The summed E-state index contributed by atoms with van der Waals surface area (Å²) in [5.74, 6) is -1.21. The molecule has 1 atom stereocenters. The predicted octanol–water partition coefficient (Wildman–Crippen LogP) is 3.22. The monoisotopic (exact) mass is 475 g/mol. The van der Waals surface area contributed by atoms with Gasteiger partial charge >= 0.3 is 5.97 Å². The van der Waals surface area contributed by atoms with Gasteiger partial charge in [-0.2, -0.15) is 8.75 Å². The lowest BCUT2D eigenvalue weighted by atomic mass is 9.88. The Labute approximate surface area is 197 Å². The summed E-state index contributed by atoms with van der Waals surface area (Å²) in [6, 6.07) is 13.8. The first-order chi connectivity index (χ1) is 16.5. The van der Waals surface area contributed by atoms with Crippen molar-refractivity contribution >= 4 is 34.3 Å². The molecule has 10 heteroatoms. The smallest absolute Gasteiger partial charge is 0.342 e. The average molecular weight is 475 g/mol. The fourth-order valence-electron chi connectivity index (χ4n) is 4.19. The van der Waals surface area contributed by atoms with Gasteiger partial charge in [-0.3, -0.25) is 0 Å². The molecule has 2 aliphatic heterocycles. The second-order valence-corrected chi connectivity index (χ2v) is 8.33. The average Bonchev–Trinajstić information content (AvgIpc) is 3.57. The third-order valence-electron chi connectivity index (χ3n) is 5.85. The zero-order chi connectivity index (χ0) is 23.3. The van der Waals surface area contributed by atoms with E-state index in [1.165, 1.54) is 7.11 Å². The highest BCUT2D eigenvalue weighted by Gasteiger charge is 2.48. The molecule has 34 heavy (non-hydrogen) atoms. The summed E-state index contributed by atoms with van der Waals surface area (Å²) in [6.07, 6.45) is 1.82. The maximum Gasteiger partial charge on any atom is 0.342 e. The SMILES string of the molecule is COc1cc(CC2=C(c3ccc4nsnc4c3)C(=O)OC2(O)c2ccc3c(c2)OCO3)ccn1.